The van der Waals surface area contributed by atoms with E-state index in [1.165, 1.54) is 12.1 Å². The number of pyridine rings is 1. The molecule has 1 aliphatic heterocycles. The summed E-state index contributed by atoms with van der Waals surface area (Å²) < 4.78 is 24.6. The molecule has 0 atom stereocenters. The molecule has 30 heavy (non-hydrogen) atoms. The van der Waals surface area contributed by atoms with Gasteiger partial charge in [-0.05, 0) is 42.0 Å². The molecule has 0 fully saturated rings. The van der Waals surface area contributed by atoms with Gasteiger partial charge in [0.2, 0.25) is 6.79 Å². The normalized spacial score (nSPS) is 12.2. The Morgan fingerprint density at radius 1 is 0.967 bits per heavy atom. The summed E-state index contributed by atoms with van der Waals surface area (Å²) in [4.78, 5) is 17.7. The topological polar surface area (TPSA) is 60.5 Å². The van der Waals surface area contributed by atoms with Gasteiger partial charge in [0.1, 0.15) is 5.82 Å². The van der Waals surface area contributed by atoms with E-state index in [-0.39, 0.29) is 12.7 Å². The Kier molecular flexibility index (Phi) is 4.52. The van der Waals surface area contributed by atoms with Gasteiger partial charge in [0.15, 0.2) is 11.5 Å². The lowest BCUT2D eigenvalue weighted by atomic mass is 10.0. The highest BCUT2D eigenvalue weighted by molar-refractivity contribution is 6.07. The van der Waals surface area contributed by atoms with Gasteiger partial charge in [-0.2, -0.15) is 0 Å². The van der Waals surface area contributed by atoms with E-state index in [1.54, 1.807) is 12.1 Å². The highest BCUT2D eigenvalue weighted by atomic mass is 19.1. The zero-order chi connectivity index (χ0) is 20.5. The van der Waals surface area contributed by atoms with E-state index >= 15 is 0 Å². The van der Waals surface area contributed by atoms with Crippen molar-refractivity contribution in [2.45, 2.75) is 6.54 Å². The van der Waals surface area contributed by atoms with Crippen LogP contribution in [0.1, 0.15) is 15.9 Å². The Bertz CT molecular complexity index is 1260. The Morgan fingerprint density at radius 2 is 1.80 bits per heavy atom. The number of carbonyl (C=O) groups is 1. The van der Waals surface area contributed by atoms with Crippen molar-refractivity contribution >= 4 is 16.8 Å². The maximum atomic E-state index is 13.9. The molecule has 0 saturated heterocycles. The van der Waals surface area contributed by atoms with Crippen molar-refractivity contribution < 1.29 is 18.7 Å². The van der Waals surface area contributed by atoms with Crippen LogP contribution in [0.5, 0.6) is 11.5 Å². The quantitative estimate of drug-likeness (QED) is 0.539. The molecule has 2 heterocycles. The van der Waals surface area contributed by atoms with Gasteiger partial charge in [0.05, 0.1) is 16.8 Å². The number of halogens is 1. The largest absolute Gasteiger partial charge is 0.454 e. The molecule has 5 rings (SSSR count). The summed E-state index contributed by atoms with van der Waals surface area (Å²) in [5.41, 5.74) is 3.35. The van der Waals surface area contributed by atoms with Crippen LogP contribution in [0.3, 0.4) is 0 Å². The van der Waals surface area contributed by atoms with Crippen molar-refractivity contribution in [2.75, 3.05) is 6.79 Å². The van der Waals surface area contributed by atoms with E-state index in [9.17, 15) is 9.18 Å². The van der Waals surface area contributed by atoms with Crippen molar-refractivity contribution in [1.29, 1.82) is 0 Å². The molecule has 0 spiro atoms. The lowest BCUT2D eigenvalue weighted by molar-refractivity contribution is 0.0952. The van der Waals surface area contributed by atoms with Crippen LogP contribution >= 0.6 is 0 Å². The number of fused-ring (bicyclic) bond motifs is 2. The summed E-state index contributed by atoms with van der Waals surface area (Å²) in [5.74, 6) is 0.627. The Labute approximate surface area is 172 Å². The van der Waals surface area contributed by atoms with Gasteiger partial charge in [-0.1, -0.05) is 36.4 Å². The first-order valence-electron chi connectivity index (χ1n) is 9.50. The molecule has 148 valence electrons. The van der Waals surface area contributed by atoms with Crippen LogP contribution in [0.15, 0.2) is 72.8 Å². The van der Waals surface area contributed by atoms with Crippen molar-refractivity contribution in [2.24, 2.45) is 0 Å². The molecule has 4 aromatic rings. The van der Waals surface area contributed by atoms with E-state index in [2.05, 4.69) is 10.3 Å². The average Bonchev–Trinajstić information content (AvgIpc) is 3.25. The molecule has 0 unspecified atom stereocenters. The second-order valence-corrected chi connectivity index (χ2v) is 6.95. The van der Waals surface area contributed by atoms with Crippen molar-refractivity contribution in [3.05, 3.63) is 89.7 Å². The van der Waals surface area contributed by atoms with E-state index in [4.69, 9.17) is 9.47 Å². The van der Waals surface area contributed by atoms with Crippen LogP contribution in [0, 0.1) is 5.82 Å². The number of hydrogen-bond donors (Lipinski definition) is 1. The molecule has 0 saturated carbocycles. The van der Waals surface area contributed by atoms with E-state index in [1.807, 2.05) is 48.5 Å². The van der Waals surface area contributed by atoms with Crippen molar-refractivity contribution in [1.82, 2.24) is 10.3 Å². The highest BCUT2D eigenvalue weighted by Crippen LogP contribution is 2.32. The first kappa shape index (κ1) is 18.1. The van der Waals surface area contributed by atoms with E-state index < -0.39 is 5.82 Å². The summed E-state index contributed by atoms with van der Waals surface area (Å²) in [5, 5.41) is 3.38. The number of carbonyl (C=O) groups excluding carboxylic acids is 1. The van der Waals surface area contributed by atoms with Crippen molar-refractivity contribution in [3.63, 3.8) is 0 Å². The third kappa shape index (κ3) is 3.43. The minimum absolute atomic E-state index is 0.196. The molecular formula is C24H17FN2O3. The van der Waals surface area contributed by atoms with Gasteiger partial charge in [-0.15, -0.1) is 0 Å². The first-order chi connectivity index (χ1) is 14.7. The van der Waals surface area contributed by atoms with Crippen LogP contribution in [0.4, 0.5) is 4.39 Å². The highest BCUT2D eigenvalue weighted by Gasteiger charge is 2.16. The average molecular weight is 400 g/mol. The van der Waals surface area contributed by atoms with Crippen LogP contribution in [0.25, 0.3) is 22.2 Å². The number of benzene rings is 3. The van der Waals surface area contributed by atoms with Crippen LogP contribution in [-0.2, 0) is 6.54 Å². The van der Waals surface area contributed by atoms with Gasteiger partial charge in [0.25, 0.3) is 5.91 Å². The zero-order valence-corrected chi connectivity index (χ0v) is 15.9. The Hall–Kier alpha value is -3.93. The maximum Gasteiger partial charge on any atom is 0.252 e. The molecule has 1 aliphatic rings. The lowest BCUT2D eigenvalue weighted by Gasteiger charge is -2.11. The number of nitrogens with one attached hydrogen (secondary N) is 1. The lowest BCUT2D eigenvalue weighted by Crippen LogP contribution is -2.23. The predicted octanol–water partition coefficient (Wildman–Crippen LogP) is 4.70. The minimum atomic E-state index is -0.415. The summed E-state index contributed by atoms with van der Waals surface area (Å²) in [6.45, 7) is 0.497. The molecule has 6 heteroatoms. The number of nitrogens with zero attached hydrogens (tertiary/aromatic N) is 1. The van der Waals surface area contributed by atoms with E-state index in [0.717, 1.165) is 11.1 Å². The number of ether oxygens (including phenoxy) is 2. The predicted molar refractivity (Wildman–Crippen MR) is 111 cm³/mol. The number of aromatic nitrogens is 1. The van der Waals surface area contributed by atoms with Crippen LogP contribution in [0.2, 0.25) is 0 Å². The second-order valence-electron chi connectivity index (χ2n) is 6.95. The van der Waals surface area contributed by atoms with Gasteiger partial charge in [-0.3, -0.25) is 4.79 Å². The molecule has 1 amide bonds. The fraction of sp³-hybridized carbons (Fsp3) is 0.0833. The van der Waals surface area contributed by atoms with E-state index in [0.29, 0.717) is 40.2 Å². The molecular weight excluding hydrogens is 383 g/mol. The van der Waals surface area contributed by atoms with Gasteiger partial charge in [-0.25, -0.2) is 9.37 Å². The second kappa shape index (κ2) is 7.48. The summed E-state index contributed by atoms with van der Waals surface area (Å²) in [6, 6.07) is 21.1. The summed E-state index contributed by atoms with van der Waals surface area (Å²) in [6.07, 6.45) is 0. The minimum Gasteiger partial charge on any atom is -0.454 e. The van der Waals surface area contributed by atoms with Gasteiger partial charge in [0, 0.05) is 17.5 Å². The van der Waals surface area contributed by atoms with Gasteiger partial charge >= 0.3 is 0 Å². The molecule has 5 nitrogen and oxygen atoms in total. The standard InChI is InChI=1S/C24H17FN2O3/c25-17-7-8-20-18(11-17)19(12-21(27-20)16-4-2-1-3-5-16)24(28)26-13-15-6-9-22-23(10-15)30-14-29-22/h1-12H,13-14H2,(H,26,28). The number of hydrogen-bond acceptors (Lipinski definition) is 4. The fourth-order valence-electron chi connectivity index (χ4n) is 3.47. The molecule has 1 aromatic heterocycles. The SMILES string of the molecule is O=C(NCc1ccc2c(c1)OCO2)c1cc(-c2ccccc2)nc2ccc(F)cc12. The number of amides is 1. The zero-order valence-electron chi connectivity index (χ0n) is 15.9. The molecule has 1 N–H and O–H groups in total. The number of rotatable bonds is 4. The third-order valence-electron chi connectivity index (χ3n) is 4.97. The van der Waals surface area contributed by atoms with Crippen molar-refractivity contribution in [3.8, 4) is 22.8 Å². The van der Waals surface area contributed by atoms with Crippen LogP contribution < -0.4 is 14.8 Å². The summed E-state index contributed by atoms with van der Waals surface area (Å²) in [7, 11) is 0. The van der Waals surface area contributed by atoms with Crippen LogP contribution in [-0.4, -0.2) is 17.7 Å². The Morgan fingerprint density at radius 3 is 2.67 bits per heavy atom. The Balaban J connectivity index is 1.48. The molecule has 0 radical (unpaired) electrons. The monoisotopic (exact) mass is 400 g/mol. The first-order valence-corrected chi connectivity index (χ1v) is 9.50. The fourth-order valence-corrected chi connectivity index (χ4v) is 3.47. The van der Waals surface area contributed by atoms with Gasteiger partial charge < -0.3 is 14.8 Å². The molecule has 0 aliphatic carbocycles. The maximum absolute atomic E-state index is 13.9. The smallest absolute Gasteiger partial charge is 0.252 e. The third-order valence-corrected chi connectivity index (χ3v) is 4.97. The molecule has 3 aromatic carbocycles. The molecule has 0 bridgehead atoms. The summed E-state index contributed by atoms with van der Waals surface area (Å²) >= 11 is 0.